The van der Waals surface area contributed by atoms with Crippen LogP contribution in [0.3, 0.4) is 0 Å². The van der Waals surface area contributed by atoms with Gasteiger partial charge in [0.2, 0.25) is 0 Å². The highest BCUT2D eigenvalue weighted by Gasteiger charge is 2.00. The summed E-state index contributed by atoms with van der Waals surface area (Å²) in [5.74, 6) is 0. The molecule has 1 aromatic heterocycles. The predicted molar refractivity (Wildman–Crippen MR) is 68.6 cm³/mol. The monoisotopic (exact) mass is 296 g/mol. The molecule has 0 radical (unpaired) electrons. The Morgan fingerprint density at radius 3 is 2.76 bits per heavy atom. The van der Waals surface area contributed by atoms with Crippen molar-refractivity contribution in [3.05, 3.63) is 40.6 Å². The quantitative estimate of drug-likeness (QED) is 0.881. The number of aliphatic hydroxyl groups is 1. The summed E-state index contributed by atoms with van der Waals surface area (Å²) in [7, 11) is 0. The number of nitrogens with zero attached hydrogens (tertiary/aromatic N) is 3. The Balaban J connectivity index is 1.90. The van der Waals surface area contributed by atoms with Crippen LogP contribution in [0.15, 0.2) is 34.9 Å². The van der Waals surface area contributed by atoms with Gasteiger partial charge in [0.05, 0.1) is 25.9 Å². The van der Waals surface area contributed by atoms with Crippen molar-refractivity contribution in [1.82, 2.24) is 15.0 Å². The normalized spacial score (nSPS) is 10.5. The molecule has 0 spiro atoms. The fraction of sp³-hybridized carbons (Fsp3) is 0.273. The molecule has 0 atom stereocenters. The molecule has 1 aromatic carbocycles. The van der Waals surface area contributed by atoms with Crippen LogP contribution in [0.5, 0.6) is 0 Å². The van der Waals surface area contributed by atoms with Crippen LogP contribution in [0.2, 0.25) is 0 Å². The van der Waals surface area contributed by atoms with E-state index >= 15 is 0 Å². The lowest BCUT2D eigenvalue weighted by Gasteiger charge is -2.03. The predicted octanol–water partition coefficient (Wildman–Crippen LogP) is 1.65. The number of aliphatic hydroxyl groups excluding tert-OH is 1. The molecule has 0 fully saturated rings. The zero-order chi connectivity index (χ0) is 12.1. The molecule has 0 saturated heterocycles. The van der Waals surface area contributed by atoms with Gasteiger partial charge in [-0.15, -0.1) is 5.10 Å². The minimum absolute atomic E-state index is 0.0724. The molecule has 2 aromatic rings. The Morgan fingerprint density at radius 2 is 2.06 bits per heavy atom. The number of aromatic nitrogens is 3. The summed E-state index contributed by atoms with van der Waals surface area (Å²) >= 11 is 3.38. The van der Waals surface area contributed by atoms with Crippen LogP contribution in [0, 0.1) is 0 Å². The van der Waals surface area contributed by atoms with Crippen LogP contribution in [0.25, 0.3) is 0 Å². The van der Waals surface area contributed by atoms with Crippen molar-refractivity contribution in [2.45, 2.75) is 13.1 Å². The van der Waals surface area contributed by atoms with E-state index < -0.39 is 0 Å². The van der Waals surface area contributed by atoms with E-state index in [1.54, 1.807) is 4.68 Å². The smallest absolute Gasteiger partial charge is 0.102 e. The number of halogens is 1. The molecule has 0 aliphatic heterocycles. The second-order valence-corrected chi connectivity index (χ2v) is 4.47. The second kappa shape index (κ2) is 5.79. The topological polar surface area (TPSA) is 63.0 Å². The third-order valence-corrected chi connectivity index (χ3v) is 2.76. The first-order valence-corrected chi connectivity index (χ1v) is 6.06. The molecule has 0 aliphatic rings. The van der Waals surface area contributed by atoms with Crippen LogP contribution in [0.1, 0.15) is 5.69 Å². The van der Waals surface area contributed by atoms with E-state index in [-0.39, 0.29) is 6.61 Å². The molecule has 0 amide bonds. The minimum Gasteiger partial charge on any atom is -0.394 e. The summed E-state index contributed by atoms with van der Waals surface area (Å²) in [4.78, 5) is 0. The Kier molecular flexibility index (Phi) is 4.11. The molecule has 1 heterocycles. The van der Waals surface area contributed by atoms with Gasteiger partial charge in [-0.1, -0.05) is 21.1 Å². The molecule has 2 N–H and O–H groups in total. The van der Waals surface area contributed by atoms with E-state index in [2.05, 4.69) is 31.6 Å². The van der Waals surface area contributed by atoms with Gasteiger partial charge in [0.15, 0.2) is 0 Å². The first kappa shape index (κ1) is 12.1. The number of nitrogens with one attached hydrogen (secondary N) is 1. The first-order chi connectivity index (χ1) is 8.28. The maximum Gasteiger partial charge on any atom is 0.102 e. The van der Waals surface area contributed by atoms with E-state index in [0.29, 0.717) is 13.1 Å². The molecule has 0 saturated carbocycles. The SMILES string of the molecule is OCCn1cc(CNc2ccc(Br)cc2)nn1. The van der Waals surface area contributed by atoms with Crippen LogP contribution in [0.4, 0.5) is 5.69 Å². The number of anilines is 1. The Labute approximate surface area is 108 Å². The maximum absolute atomic E-state index is 8.75. The highest BCUT2D eigenvalue weighted by Crippen LogP contribution is 2.14. The van der Waals surface area contributed by atoms with Gasteiger partial charge in [-0.25, -0.2) is 4.68 Å². The van der Waals surface area contributed by atoms with Gasteiger partial charge >= 0.3 is 0 Å². The van der Waals surface area contributed by atoms with E-state index in [1.807, 2.05) is 30.5 Å². The van der Waals surface area contributed by atoms with Gasteiger partial charge in [-0.2, -0.15) is 0 Å². The number of rotatable bonds is 5. The summed E-state index contributed by atoms with van der Waals surface area (Å²) in [6, 6.07) is 7.93. The minimum atomic E-state index is 0.0724. The molecule has 0 unspecified atom stereocenters. The Morgan fingerprint density at radius 1 is 1.29 bits per heavy atom. The molecule has 5 nitrogen and oxygen atoms in total. The van der Waals surface area contributed by atoms with Gasteiger partial charge in [0, 0.05) is 10.2 Å². The summed E-state index contributed by atoms with van der Waals surface area (Å²) in [6.07, 6.45) is 1.82. The molecule has 90 valence electrons. The maximum atomic E-state index is 8.75. The average Bonchev–Trinajstić information content (AvgIpc) is 2.77. The van der Waals surface area contributed by atoms with E-state index in [4.69, 9.17) is 5.11 Å². The van der Waals surface area contributed by atoms with Gasteiger partial charge in [-0.05, 0) is 24.3 Å². The van der Waals surface area contributed by atoms with Crippen molar-refractivity contribution in [2.24, 2.45) is 0 Å². The largest absolute Gasteiger partial charge is 0.394 e. The first-order valence-electron chi connectivity index (χ1n) is 5.27. The lowest BCUT2D eigenvalue weighted by Crippen LogP contribution is -2.02. The van der Waals surface area contributed by atoms with Crippen molar-refractivity contribution >= 4 is 21.6 Å². The fourth-order valence-corrected chi connectivity index (χ4v) is 1.66. The number of hydrogen-bond acceptors (Lipinski definition) is 4. The van der Waals surface area contributed by atoms with Crippen LogP contribution in [-0.2, 0) is 13.1 Å². The summed E-state index contributed by atoms with van der Waals surface area (Å²) in [6.45, 7) is 1.17. The summed E-state index contributed by atoms with van der Waals surface area (Å²) in [5.41, 5.74) is 1.88. The van der Waals surface area contributed by atoms with Crippen molar-refractivity contribution in [3.8, 4) is 0 Å². The van der Waals surface area contributed by atoms with Crippen molar-refractivity contribution in [1.29, 1.82) is 0 Å². The molecular weight excluding hydrogens is 284 g/mol. The molecule has 0 bridgehead atoms. The summed E-state index contributed by atoms with van der Waals surface area (Å²) in [5, 5.41) is 19.9. The van der Waals surface area contributed by atoms with E-state index in [0.717, 1.165) is 15.9 Å². The Bertz CT molecular complexity index is 469. The second-order valence-electron chi connectivity index (χ2n) is 3.56. The highest BCUT2D eigenvalue weighted by atomic mass is 79.9. The average molecular weight is 297 g/mol. The molecule has 6 heteroatoms. The highest BCUT2D eigenvalue weighted by molar-refractivity contribution is 9.10. The van der Waals surface area contributed by atoms with Crippen LogP contribution in [-0.4, -0.2) is 26.7 Å². The van der Waals surface area contributed by atoms with Gasteiger partial charge < -0.3 is 10.4 Å². The fourth-order valence-electron chi connectivity index (χ4n) is 1.39. The standard InChI is InChI=1S/C11H13BrN4O/c12-9-1-3-10(4-2-9)13-7-11-8-16(5-6-17)15-14-11/h1-4,8,13,17H,5-7H2. The molecule has 0 aliphatic carbocycles. The van der Waals surface area contributed by atoms with E-state index in [1.165, 1.54) is 0 Å². The summed E-state index contributed by atoms with van der Waals surface area (Å²) < 4.78 is 2.68. The van der Waals surface area contributed by atoms with Gasteiger partial charge in [0.25, 0.3) is 0 Å². The zero-order valence-electron chi connectivity index (χ0n) is 9.17. The van der Waals surface area contributed by atoms with Crippen LogP contribution < -0.4 is 5.32 Å². The van der Waals surface area contributed by atoms with Gasteiger partial charge in [0.1, 0.15) is 5.69 Å². The molecule has 2 rings (SSSR count). The lowest BCUT2D eigenvalue weighted by molar-refractivity contribution is 0.268. The zero-order valence-corrected chi connectivity index (χ0v) is 10.8. The third-order valence-electron chi connectivity index (χ3n) is 2.23. The third kappa shape index (κ3) is 3.54. The van der Waals surface area contributed by atoms with Gasteiger partial charge in [-0.3, -0.25) is 0 Å². The van der Waals surface area contributed by atoms with Crippen molar-refractivity contribution in [3.63, 3.8) is 0 Å². The molecule has 17 heavy (non-hydrogen) atoms. The van der Waals surface area contributed by atoms with Crippen LogP contribution >= 0.6 is 15.9 Å². The number of benzene rings is 1. The Hall–Kier alpha value is -1.40. The number of hydrogen-bond donors (Lipinski definition) is 2. The molecular formula is C11H13BrN4O. The lowest BCUT2D eigenvalue weighted by atomic mass is 10.3. The van der Waals surface area contributed by atoms with Crippen molar-refractivity contribution < 1.29 is 5.11 Å². The van der Waals surface area contributed by atoms with E-state index in [9.17, 15) is 0 Å². The van der Waals surface area contributed by atoms with Crippen molar-refractivity contribution in [2.75, 3.05) is 11.9 Å².